The molecular weight excluding hydrogens is 212 g/mol. The van der Waals surface area contributed by atoms with Crippen molar-refractivity contribution in [3.8, 4) is 0 Å². The number of hydrogen-bond acceptors (Lipinski definition) is 4. The van der Waals surface area contributed by atoms with Crippen molar-refractivity contribution in [3.05, 3.63) is 18.3 Å². The maximum Gasteiger partial charge on any atom is 0.141 e. The van der Waals surface area contributed by atoms with Gasteiger partial charge in [0.2, 0.25) is 0 Å². The normalized spacial score (nSPS) is 24.4. The molecule has 2 atom stereocenters. The molecule has 2 unspecified atom stereocenters. The summed E-state index contributed by atoms with van der Waals surface area (Å²) in [5.74, 6) is 7.73. The van der Waals surface area contributed by atoms with E-state index >= 15 is 0 Å². The molecule has 1 saturated carbocycles. The van der Waals surface area contributed by atoms with Crippen molar-refractivity contribution in [1.29, 1.82) is 0 Å². The molecule has 0 saturated heterocycles. The molecule has 0 amide bonds. The van der Waals surface area contributed by atoms with E-state index in [1.807, 2.05) is 12.1 Å². The lowest BCUT2D eigenvalue weighted by molar-refractivity contribution is 0.293. The highest BCUT2D eigenvalue weighted by atomic mass is 15.2. The summed E-state index contributed by atoms with van der Waals surface area (Å²) in [4.78, 5) is 4.09. The standard InChI is InChI=1S/C13H22N4/c1-10-3-2-4-11(7-10)9-16-12-5-6-15-13(8-12)17-14/h5-6,8,10-11H,2-4,7,9,14H2,1H3,(H2,15,16,17). The second-order valence-corrected chi connectivity index (χ2v) is 5.09. The predicted octanol–water partition coefficient (Wildman–Crippen LogP) is 2.61. The predicted molar refractivity (Wildman–Crippen MR) is 71.7 cm³/mol. The van der Waals surface area contributed by atoms with Gasteiger partial charge in [-0.05, 0) is 30.7 Å². The van der Waals surface area contributed by atoms with Crippen LogP contribution in [0, 0.1) is 11.8 Å². The minimum absolute atomic E-state index is 0.701. The topological polar surface area (TPSA) is 63.0 Å². The third kappa shape index (κ3) is 3.60. The fraction of sp³-hybridized carbons (Fsp3) is 0.615. The maximum atomic E-state index is 5.34. The Hall–Kier alpha value is -1.29. The Kier molecular flexibility index (Phi) is 4.20. The summed E-state index contributed by atoms with van der Waals surface area (Å²) in [6.45, 7) is 3.41. The van der Waals surface area contributed by atoms with E-state index in [0.717, 1.165) is 24.1 Å². The zero-order chi connectivity index (χ0) is 12.1. The van der Waals surface area contributed by atoms with E-state index in [0.29, 0.717) is 5.82 Å². The monoisotopic (exact) mass is 234 g/mol. The first-order valence-electron chi connectivity index (χ1n) is 6.44. The number of hydrazine groups is 1. The molecule has 1 aromatic rings. The average molecular weight is 234 g/mol. The molecule has 1 heterocycles. The van der Waals surface area contributed by atoms with Crippen LogP contribution in [0.2, 0.25) is 0 Å². The van der Waals surface area contributed by atoms with Crippen molar-refractivity contribution >= 4 is 11.5 Å². The highest BCUT2D eigenvalue weighted by molar-refractivity contribution is 5.51. The number of nitrogens with one attached hydrogen (secondary N) is 2. The molecule has 0 bridgehead atoms. The van der Waals surface area contributed by atoms with Crippen LogP contribution in [0.1, 0.15) is 32.6 Å². The Bertz CT molecular complexity index is 353. The van der Waals surface area contributed by atoms with Gasteiger partial charge in [0.05, 0.1) is 0 Å². The molecule has 94 valence electrons. The van der Waals surface area contributed by atoms with Crippen molar-refractivity contribution in [2.75, 3.05) is 17.3 Å². The maximum absolute atomic E-state index is 5.34. The van der Waals surface area contributed by atoms with Gasteiger partial charge in [0, 0.05) is 24.5 Å². The molecular formula is C13H22N4. The highest BCUT2D eigenvalue weighted by Crippen LogP contribution is 2.28. The van der Waals surface area contributed by atoms with Gasteiger partial charge in [-0.25, -0.2) is 10.8 Å². The van der Waals surface area contributed by atoms with Gasteiger partial charge in [0.1, 0.15) is 5.82 Å². The summed E-state index contributed by atoms with van der Waals surface area (Å²) in [5.41, 5.74) is 3.65. The Morgan fingerprint density at radius 1 is 1.47 bits per heavy atom. The Morgan fingerprint density at radius 3 is 3.12 bits per heavy atom. The molecule has 4 N–H and O–H groups in total. The van der Waals surface area contributed by atoms with Crippen LogP contribution in [0.15, 0.2) is 18.3 Å². The van der Waals surface area contributed by atoms with Gasteiger partial charge in [-0.1, -0.05) is 19.8 Å². The number of aromatic nitrogens is 1. The molecule has 0 radical (unpaired) electrons. The third-order valence-corrected chi connectivity index (χ3v) is 3.55. The molecule has 2 rings (SSSR count). The SMILES string of the molecule is CC1CCCC(CNc2ccnc(NN)c2)C1. The smallest absolute Gasteiger partial charge is 0.141 e. The zero-order valence-corrected chi connectivity index (χ0v) is 10.4. The average Bonchev–Trinajstić information content (AvgIpc) is 2.37. The van der Waals surface area contributed by atoms with Gasteiger partial charge in [0.25, 0.3) is 0 Å². The van der Waals surface area contributed by atoms with E-state index < -0.39 is 0 Å². The molecule has 0 spiro atoms. The molecule has 4 heteroatoms. The van der Waals surface area contributed by atoms with E-state index in [1.54, 1.807) is 6.20 Å². The van der Waals surface area contributed by atoms with Crippen molar-refractivity contribution in [2.45, 2.75) is 32.6 Å². The summed E-state index contributed by atoms with van der Waals surface area (Å²) in [5, 5.41) is 3.47. The van der Waals surface area contributed by atoms with Crippen LogP contribution in [-0.2, 0) is 0 Å². The number of nitrogens with zero attached hydrogens (tertiary/aromatic N) is 1. The summed E-state index contributed by atoms with van der Waals surface area (Å²) in [6.07, 6.45) is 7.23. The van der Waals surface area contributed by atoms with E-state index in [2.05, 4.69) is 22.7 Å². The van der Waals surface area contributed by atoms with Crippen LogP contribution >= 0.6 is 0 Å². The molecule has 0 aliphatic heterocycles. The zero-order valence-electron chi connectivity index (χ0n) is 10.4. The van der Waals surface area contributed by atoms with Gasteiger partial charge < -0.3 is 10.7 Å². The number of anilines is 2. The summed E-state index contributed by atoms with van der Waals surface area (Å²) < 4.78 is 0. The third-order valence-electron chi connectivity index (χ3n) is 3.55. The summed E-state index contributed by atoms with van der Waals surface area (Å²) in [7, 11) is 0. The lowest BCUT2D eigenvalue weighted by Gasteiger charge is -2.27. The largest absolute Gasteiger partial charge is 0.385 e. The Labute approximate surface area is 103 Å². The minimum atomic E-state index is 0.701. The molecule has 17 heavy (non-hydrogen) atoms. The van der Waals surface area contributed by atoms with Crippen LogP contribution in [0.5, 0.6) is 0 Å². The van der Waals surface area contributed by atoms with E-state index in [4.69, 9.17) is 5.84 Å². The minimum Gasteiger partial charge on any atom is -0.385 e. The molecule has 1 aliphatic carbocycles. The van der Waals surface area contributed by atoms with E-state index in [9.17, 15) is 0 Å². The number of nitrogen functional groups attached to an aromatic ring is 1. The van der Waals surface area contributed by atoms with Crippen LogP contribution in [0.25, 0.3) is 0 Å². The van der Waals surface area contributed by atoms with Crippen LogP contribution in [-0.4, -0.2) is 11.5 Å². The first-order valence-corrected chi connectivity index (χ1v) is 6.44. The van der Waals surface area contributed by atoms with Gasteiger partial charge in [-0.15, -0.1) is 0 Å². The van der Waals surface area contributed by atoms with Crippen LogP contribution in [0.4, 0.5) is 11.5 Å². The molecule has 1 aliphatic rings. The second kappa shape index (κ2) is 5.87. The van der Waals surface area contributed by atoms with Crippen molar-refractivity contribution in [2.24, 2.45) is 17.7 Å². The lowest BCUT2D eigenvalue weighted by atomic mass is 9.82. The first kappa shape index (κ1) is 12.2. The fourth-order valence-corrected chi connectivity index (χ4v) is 2.63. The molecule has 1 fully saturated rings. The van der Waals surface area contributed by atoms with Crippen LogP contribution < -0.4 is 16.6 Å². The molecule has 4 nitrogen and oxygen atoms in total. The number of nitrogens with two attached hydrogens (primary N) is 1. The van der Waals surface area contributed by atoms with Gasteiger partial charge >= 0.3 is 0 Å². The first-order chi connectivity index (χ1) is 8.28. The number of pyridine rings is 1. The summed E-state index contributed by atoms with van der Waals surface area (Å²) >= 11 is 0. The molecule has 0 aromatic carbocycles. The van der Waals surface area contributed by atoms with Crippen molar-refractivity contribution in [3.63, 3.8) is 0 Å². The van der Waals surface area contributed by atoms with E-state index in [1.165, 1.54) is 25.7 Å². The van der Waals surface area contributed by atoms with E-state index in [-0.39, 0.29) is 0 Å². The van der Waals surface area contributed by atoms with Crippen LogP contribution in [0.3, 0.4) is 0 Å². The van der Waals surface area contributed by atoms with Gasteiger partial charge in [-0.3, -0.25) is 0 Å². The summed E-state index contributed by atoms with van der Waals surface area (Å²) in [6, 6.07) is 3.92. The number of hydrogen-bond donors (Lipinski definition) is 3. The van der Waals surface area contributed by atoms with Gasteiger partial charge in [0.15, 0.2) is 0 Å². The second-order valence-electron chi connectivity index (χ2n) is 5.09. The Balaban J connectivity index is 1.84. The van der Waals surface area contributed by atoms with Gasteiger partial charge in [-0.2, -0.15) is 0 Å². The molecule has 1 aromatic heterocycles. The fourth-order valence-electron chi connectivity index (χ4n) is 2.63. The Morgan fingerprint density at radius 2 is 2.35 bits per heavy atom. The quantitative estimate of drug-likeness (QED) is 0.553. The highest BCUT2D eigenvalue weighted by Gasteiger charge is 2.18. The van der Waals surface area contributed by atoms with Crippen molar-refractivity contribution < 1.29 is 0 Å². The number of rotatable bonds is 4. The van der Waals surface area contributed by atoms with Crippen molar-refractivity contribution in [1.82, 2.24) is 4.98 Å². The lowest BCUT2D eigenvalue weighted by Crippen LogP contribution is -2.21.